The van der Waals surface area contributed by atoms with Gasteiger partial charge < -0.3 is 5.11 Å². The van der Waals surface area contributed by atoms with Crippen molar-refractivity contribution < 1.29 is 13.5 Å². The third kappa shape index (κ3) is 3.47. The van der Waals surface area contributed by atoms with Crippen molar-refractivity contribution in [1.29, 1.82) is 0 Å². The summed E-state index contributed by atoms with van der Waals surface area (Å²) in [5, 5.41) is 10.4. The van der Waals surface area contributed by atoms with Crippen LogP contribution in [0.5, 0.6) is 0 Å². The molecule has 2 fully saturated rings. The van der Waals surface area contributed by atoms with Gasteiger partial charge in [-0.15, -0.1) is 0 Å². The lowest BCUT2D eigenvalue weighted by atomic mass is 9.73. The van der Waals surface area contributed by atoms with E-state index in [1.165, 1.54) is 19.3 Å². The van der Waals surface area contributed by atoms with E-state index >= 15 is 0 Å². The molecule has 4 unspecified atom stereocenters. The number of aliphatic hydroxyl groups is 1. The summed E-state index contributed by atoms with van der Waals surface area (Å²) >= 11 is 0. The molecule has 1 aliphatic carbocycles. The van der Waals surface area contributed by atoms with Gasteiger partial charge in [-0.05, 0) is 37.0 Å². The van der Waals surface area contributed by atoms with Crippen molar-refractivity contribution in [3.05, 3.63) is 0 Å². The summed E-state index contributed by atoms with van der Waals surface area (Å²) in [6.45, 7) is 2.20. The summed E-state index contributed by atoms with van der Waals surface area (Å²) in [4.78, 5) is 0. The summed E-state index contributed by atoms with van der Waals surface area (Å²) in [6.07, 6.45) is 7.18. The van der Waals surface area contributed by atoms with Gasteiger partial charge in [0.25, 0.3) is 0 Å². The Bertz CT molecular complexity index is 363. The largest absolute Gasteiger partial charge is 0.393 e. The minimum absolute atomic E-state index is 0.199. The minimum Gasteiger partial charge on any atom is -0.393 e. The molecule has 0 bridgehead atoms. The van der Waals surface area contributed by atoms with Gasteiger partial charge in [0.2, 0.25) is 0 Å². The van der Waals surface area contributed by atoms with Crippen molar-refractivity contribution in [1.82, 2.24) is 0 Å². The SMILES string of the molecule is CCC1CCCCC1C(O)CC1CCS(=O)(=O)C1. The molecule has 3 nitrogen and oxygen atoms in total. The van der Waals surface area contributed by atoms with Crippen molar-refractivity contribution in [2.75, 3.05) is 11.5 Å². The van der Waals surface area contributed by atoms with Crippen LogP contribution in [0.15, 0.2) is 0 Å². The van der Waals surface area contributed by atoms with Crippen LogP contribution in [-0.4, -0.2) is 31.1 Å². The first-order chi connectivity index (χ1) is 8.52. The molecule has 1 saturated heterocycles. The highest BCUT2D eigenvalue weighted by Crippen LogP contribution is 2.37. The molecule has 2 rings (SSSR count). The van der Waals surface area contributed by atoms with Crippen molar-refractivity contribution in [3.63, 3.8) is 0 Å². The van der Waals surface area contributed by atoms with Crippen LogP contribution in [-0.2, 0) is 9.84 Å². The lowest BCUT2D eigenvalue weighted by Crippen LogP contribution is -2.32. The van der Waals surface area contributed by atoms with Gasteiger partial charge >= 0.3 is 0 Å². The average Bonchev–Trinajstić information content (AvgIpc) is 2.68. The normalized spacial score (nSPS) is 37.6. The summed E-state index contributed by atoms with van der Waals surface area (Å²) in [6, 6.07) is 0. The van der Waals surface area contributed by atoms with Crippen molar-refractivity contribution in [2.24, 2.45) is 17.8 Å². The predicted molar refractivity (Wildman–Crippen MR) is 73.1 cm³/mol. The first kappa shape index (κ1) is 14.3. The predicted octanol–water partition coefficient (Wildman–Crippen LogP) is 2.39. The van der Waals surface area contributed by atoms with Crippen LogP contribution in [0, 0.1) is 17.8 Å². The molecule has 4 heteroatoms. The Morgan fingerprint density at radius 3 is 2.56 bits per heavy atom. The van der Waals surface area contributed by atoms with Gasteiger partial charge in [0.15, 0.2) is 9.84 Å². The van der Waals surface area contributed by atoms with Crippen LogP contribution in [0.25, 0.3) is 0 Å². The van der Waals surface area contributed by atoms with E-state index in [1.807, 2.05) is 0 Å². The zero-order valence-electron chi connectivity index (χ0n) is 11.3. The quantitative estimate of drug-likeness (QED) is 0.856. The molecule has 2 aliphatic rings. The third-order valence-electron chi connectivity index (χ3n) is 4.89. The Morgan fingerprint density at radius 1 is 1.22 bits per heavy atom. The number of sulfone groups is 1. The highest BCUT2D eigenvalue weighted by molar-refractivity contribution is 7.91. The summed E-state index contributed by atoms with van der Waals surface area (Å²) in [5.74, 6) is 1.88. The Kier molecular flexibility index (Phi) is 4.70. The van der Waals surface area contributed by atoms with Gasteiger partial charge in [-0.25, -0.2) is 8.42 Å². The van der Waals surface area contributed by atoms with Crippen LogP contribution in [0.3, 0.4) is 0 Å². The van der Waals surface area contributed by atoms with Gasteiger partial charge in [-0.3, -0.25) is 0 Å². The monoisotopic (exact) mass is 274 g/mol. The first-order valence-electron chi connectivity index (χ1n) is 7.40. The van der Waals surface area contributed by atoms with Gasteiger partial charge in [0, 0.05) is 0 Å². The Hall–Kier alpha value is -0.0900. The maximum atomic E-state index is 11.4. The number of rotatable bonds is 4. The van der Waals surface area contributed by atoms with Crippen LogP contribution in [0.4, 0.5) is 0 Å². The van der Waals surface area contributed by atoms with E-state index in [4.69, 9.17) is 0 Å². The summed E-state index contributed by atoms with van der Waals surface area (Å²) in [7, 11) is -2.80. The highest BCUT2D eigenvalue weighted by atomic mass is 32.2. The molecule has 106 valence electrons. The maximum Gasteiger partial charge on any atom is 0.150 e. The Morgan fingerprint density at radius 2 is 1.94 bits per heavy atom. The molecular formula is C14H26O3S. The fraction of sp³-hybridized carbons (Fsp3) is 1.00. The topological polar surface area (TPSA) is 54.4 Å². The minimum atomic E-state index is -2.80. The second-order valence-corrected chi connectivity index (χ2v) is 8.42. The van der Waals surface area contributed by atoms with Gasteiger partial charge in [0.05, 0.1) is 17.6 Å². The van der Waals surface area contributed by atoms with Crippen LogP contribution < -0.4 is 0 Å². The van der Waals surface area contributed by atoms with Crippen molar-refractivity contribution >= 4 is 9.84 Å². The Labute approximate surface area is 111 Å². The summed E-state index contributed by atoms with van der Waals surface area (Å²) in [5.41, 5.74) is 0. The molecule has 0 aromatic rings. The van der Waals surface area contributed by atoms with Gasteiger partial charge in [-0.2, -0.15) is 0 Å². The molecule has 1 saturated carbocycles. The second-order valence-electron chi connectivity index (χ2n) is 6.19. The van der Waals surface area contributed by atoms with Crippen molar-refractivity contribution in [2.45, 2.75) is 58.0 Å². The number of aliphatic hydroxyl groups excluding tert-OH is 1. The average molecular weight is 274 g/mol. The number of hydrogen-bond donors (Lipinski definition) is 1. The molecule has 1 heterocycles. The molecule has 18 heavy (non-hydrogen) atoms. The highest BCUT2D eigenvalue weighted by Gasteiger charge is 2.34. The third-order valence-corrected chi connectivity index (χ3v) is 6.73. The first-order valence-corrected chi connectivity index (χ1v) is 9.22. The van der Waals surface area contributed by atoms with E-state index in [2.05, 4.69) is 6.92 Å². The van der Waals surface area contributed by atoms with E-state index < -0.39 is 9.84 Å². The maximum absolute atomic E-state index is 11.4. The second kappa shape index (κ2) is 5.91. The molecule has 1 N–H and O–H groups in total. The van der Waals surface area contributed by atoms with E-state index in [1.54, 1.807) is 0 Å². The Balaban J connectivity index is 1.89. The zero-order valence-corrected chi connectivity index (χ0v) is 12.2. The molecular weight excluding hydrogens is 248 g/mol. The van der Waals surface area contributed by atoms with E-state index in [9.17, 15) is 13.5 Å². The van der Waals surface area contributed by atoms with Crippen LogP contribution in [0.1, 0.15) is 51.9 Å². The van der Waals surface area contributed by atoms with E-state index in [-0.39, 0.29) is 12.0 Å². The van der Waals surface area contributed by atoms with Crippen molar-refractivity contribution in [3.8, 4) is 0 Å². The molecule has 4 atom stereocenters. The molecule has 0 aromatic heterocycles. The number of hydrogen-bond acceptors (Lipinski definition) is 3. The summed E-state index contributed by atoms with van der Waals surface area (Å²) < 4.78 is 22.9. The molecule has 0 aromatic carbocycles. The molecule has 0 amide bonds. The lowest BCUT2D eigenvalue weighted by molar-refractivity contribution is 0.0307. The zero-order chi connectivity index (χ0) is 13.2. The fourth-order valence-electron chi connectivity index (χ4n) is 3.82. The van der Waals surface area contributed by atoms with E-state index in [0.29, 0.717) is 29.8 Å². The van der Waals surface area contributed by atoms with Crippen LogP contribution >= 0.6 is 0 Å². The van der Waals surface area contributed by atoms with Gasteiger partial charge in [0.1, 0.15) is 0 Å². The molecule has 1 aliphatic heterocycles. The van der Waals surface area contributed by atoms with E-state index in [0.717, 1.165) is 19.3 Å². The van der Waals surface area contributed by atoms with Gasteiger partial charge in [-0.1, -0.05) is 32.6 Å². The fourth-order valence-corrected chi connectivity index (χ4v) is 5.70. The van der Waals surface area contributed by atoms with Crippen LogP contribution in [0.2, 0.25) is 0 Å². The molecule has 0 spiro atoms. The molecule has 0 radical (unpaired) electrons. The lowest BCUT2D eigenvalue weighted by Gasteiger charge is -2.35. The standard InChI is InChI=1S/C14H26O3S/c1-2-12-5-3-4-6-13(12)14(15)9-11-7-8-18(16,17)10-11/h11-15H,2-10H2,1H3. The smallest absolute Gasteiger partial charge is 0.150 e.